The minimum Gasteiger partial charge on any atom is -0.508 e. The lowest BCUT2D eigenvalue weighted by Gasteiger charge is -2.53. The molecular formula is C24H32O9. The molecule has 182 valence electrons. The molecule has 3 aliphatic carbocycles. The first-order chi connectivity index (χ1) is 15.6. The molecular weight excluding hydrogens is 432 g/mol. The van der Waals surface area contributed by atoms with Gasteiger partial charge in [-0.1, -0.05) is 13.0 Å². The Kier molecular flexibility index (Phi) is 5.51. The van der Waals surface area contributed by atoms with E-state index in [1.807, 2.05) is 19.1 Å². The van der Waals surface area contributed by atoms with Crippen LogP contribution in [0.25, 0.3) is 0 Å². The van der Waals surface area contributed by atoms with E-state index in [4.69, 9.17) is 9.47 Å². The molecule has 5 rings (SSSR count). The predicted octanol–water partition coefficient (Wildman–Crippen LogP) is 0.846. The topological polar surface area (TPSA) is 157 Å². The number of rotatable bonds is 3. The van der Waals surface area contributed by atoms with Crippen molar-refractivity contribution >= 4 is 5.97 Å². The molecule has 0 spiro atoms. The molecule has 3 fully saturated rings. The minimum atomic E-state index is -1.81. The third-order valence-corrected chi connectivity index (χ3v) is 8.91. The highest BCUT2D eigenvalue weighted by Gasteiger charge is 2.64. The first-order valence-electron chi connectivity index (χ1n) is 11.7. The van der Waals surface area contributed by atoms with Crippen LogP contribution in [0.4, 0.5) is 0 Å². The van der Waals surface area contributed by atoms with Crippen molar-refractivity contribution in [3.05, 3.63) is 29.3 Å². The summed E-state index contributed by atoms with van der Waals surface area (Å²) in [6, 6.07) is 5.57. The Hall–Kier alpha value is -1.75. The number of aliphatic carboxylic acids is 1. The average Bonchev–Trinajstić information content (AvgIpc) is 3.04. The highest BCUT2D eigenvalue weighted by Crippen LogP contribution is 2.65. The van der Waals surface area contributed by atoms with Crippen LogP contribution < -0.4 is 0 Å². The van der Waals surface area contributed by atoms with Crippen molar-refractivity contribution in [2.75, 3.05) is 0 Å². The summed E-state index contributed by atoms with van der Waals surface area (Å²) in [7, 11) is 0. The molecule has 0 bridgehead atoms. The van der Waals surface area contributed by atoms with Crippen LogP contribution in [0.1, 0.15) is 56.1 Å². The van der Waals surface area contributed by atoms with Crippen molar-refractivity contribution in [3.8, 4) is 5.75 Å². The number of ether oxygens (including phenoxy) is 2. The van der Waals surface area contributed by atoms with Gasteiger partial charge in [-0.3, -0.25) is 0 Å². The summed E-state index contributed by atoms with van der Waals surface area (Å²) in [6.07, 6.45) is -4.37. The molecule has 1 aromatic carbocycles. The summed E-state index contributed by atoms with van der Waals surface area (Å²) in [5.41, 5.74) is 1.79. The first kappa shape index (κ1) is 23.0. The highest BCUT2D eigenvalue weighted by molar-refractivity contribution is 5.73. The Morgan fingerprint density at radius 3 is 2.58 bits per heavy atom. The van der Waals surface area contributed by atoms with E-state index in [1.165, 1.54) is 11.1 Å². The average molecular weight is 465 g/mol. The first-order valence-corrected chi connectivity index (χ1v) is 11.7. The van der Waals surface area contributed by atoms with Crippen LogP contribution in [0, 0.1) is 17.3 Å². The number of carbonyl (C=O) groups is 1. The molecule has 2 saturated carbocycles. The largest absolute Gasteiger partial charge is 0.508 e. The molecule has 0 unspecified atom stereocenters. The van der Waals surface area contributed by atoms with Gasteiger partial charge in [0.15, 0.2) is 18.2 Å². The smallest absolute Gasteiger partial charge is 0.335 e. The summed E-state index contributed by atoms with van der Waals surface area (Å²) in [5, 5.41) is 61.3. The maximum Gasteiger partial charge on any atom is 0.335 e. The van der Waals surface area contributed by atoms with E-state index < -0.39 is 47.9 Å². The number of aliphatic hydroxyl groups excluding tert-OH is 3. The van der Waals surface area contributed by atoms with Crippen LogP contribution in [0.5, 0.6) is 5.75 Å². The molecule has 0 amide bonds. The zero-order valence-electron chi connectivity index (χ0n) is 18.5. The monoisotopic (exact) mass is 464 g/mol. The number of benzene rings is 1. The highest BCUT2D eigenvalue weighted by atomic mass is 16.8. The number of carboxylic acid groups (broad SMARTS) is 1. The number of aliphatic hydroxyl groups is 4. The predicted molar refractivity (Wildman–Crippen MR) is 113 cm³/mol. The van der Waals surface area contributed by atoms with Crippen molar-refractivity contribution < 1.29 is 44.9 Å². The molecule has 1 saturated heterocycles. The van der Waals surface area contributed by atoms with E-state index in [2.05, 4.69) is 0 Å². The van der Waals surface area contributed by atoms with Gasteiger partial charge in [0.05, 0.1) is 0 Å². The van der Waals surface area contributed by atoms with Crippen LogP contribution in [0.15, 0.2) is 18.2 Å². The van der Waals surface area contributed by atoms with Gasteiger partial charge < -0.3 is 40.1 Å². The Bertz CT molecular complexity index is 937. The van der Waals surface area contributed by atoms with Crippen molar-refractivity contribution in [1.82, 2.24) is 0 Å². The third kappa shape index (κ3) is 3.40. The molecule has 9 nitrogen and oxygen atoms in total. The molecule has 1 aromatic rings. The number of phenolic OH excluding ortho intramolecular Hbond substituents is 1. The normalized spacial score (nSPS) is 46.8. The summed E-state index contributed by atoms with van der Waals surface area (Å²) < 4.78 is 11.2. The molecule has 1 aliphatic heterocycles. The fraction of sp³-hybridized carbons (Fsp3) is 0.708. The number of phenols is 1. The van der Waals surface area contributed by atoms with Crippen LogP contribution in [0.2, 0.25) is 0 Å². The van der Waals surface area contributed by atoms with Gasteiger partial charge in [-0.15, -0.1) is 0 Å². The van der Waals surface area contributed by atoms with Crippen LogP contribution in [0.3, 0.4) is 0 Å². The molecule has 0 aromatic heterocycles. The van der Waals surface area contributed by atoms with E-state index in [9.17, 15) is 35.4 Å². The second-order valence-electron chi connectivity index (χ2n) is 10.4. The number of aromatic hydroxyl groups is 1. The number of hydrogen-bond acceptors (Lipinski definition) is 8. The summed E-state index contributed by atoms with van der Waals surface area (Å²) in [5.74, 6) is -2.08. The fourth-order valence-electron chi connectivity index (χ4n) is 7.08. The van der Waals surface area contributed by atoms with Crippen molar-refractivity contribution in [2.45, 2.75) is 87.9 Å². The SMILES string of the molecule is C[C@]12CC[C@@H]3c4ccc(O)cc4CC[C@H]3[C@@H]1CC[C@@]2(O)O[C@@H]1O[C@H](C(=O)O)[C@@H](O)[C@H](O)[C@H]1O. The standard InChI is InChI=1S/C24H32O9/c1-23-8-6-14-13-5-3-12(25)10-11(13)2-4-15(14)16(23)7-9-24(23,31)33-22-19(28)17(26)18(27)20(32-22)21(29)30/h3,5,10,14-20,22,25-28,31H,2,4,6-9H2,1H3,(H,29,30)/t14-,15-,16+,17+,18+,19-,20+,22+,23+,24-/m1/s1. The van der Waals surface area contributed by atoms with Crippen LogP contribution in [-0.2, 0) is 20.7 Å². The maximum absolute atomic E-state index is 11.7. The fourth-order valence-corrected chi connectivity index (χ4v) is 7.08. The van der Waals surface area contributed by atoms with E-state index in [0.717, 1.165) is 19.3 Å². The van der Waals surface area contributed by atoms with Crippen molar-refractivity contribution in [3.63, 3.8) is 0 Å². The summed E-state index contributed by atoms with van der Waals surface area (Å²) in [4.78, 5) is 11.4. The quantitative estimate of drug-likeness (QED) is 0.357. The van der Waals surface area contributed by atoms with Gasteiger partial charge >= 0.3 is 5.97 Å². The Labute approximate surface area is 191 Å². The lowest BCUT2D eigenvalue weighted by Crippen LogP contribution is -2.63. The van der Waals surface area contributed by atoms with Gasteiger partial charge in [0, 0.05) is 11.8 Å². The van der Waals surface area contributed by atoms with Gasteiger partial charge in [0.1, 0.15) is 24.1 Å². The van der Waals surface area contributed by atoms with Crippen LogP contribution in [-0.4, -0.2) is 73.1 Å². The van der Waals surface area contributed by atoms with Gasteiger partial charge in [0.2, 0.25) is 0 Å². The molecule has 1 heterocycles. The van der Waals surface area contributed by atoms with E-state index in [0.29, 0.717) is 31.1 Å². The van der Waals surface area contributed by atoms with Crippen molar-refractivity contribution in [2.24, 2.45) is 17.3 Å². The van der Waals surface area contributed by atoms with E-state index in [1.54, 1.807) is 6.07 Å². The number of hydrogen-bond donors (Lipinski definition) is 6. The van der Waals surface area contributed by atoms with E-state index >= 15 is 0 Å². The Balaban J connectivity index is 1.39. The van der Waals surface area contributed by atoms with E-state index in [-0.39, 0.29) is 11.7 Å². The third-order valence-electron chi connectivity index (χ3n) is 8.91. The number of aryl methyl sites for hydroxylation is 1. The van der Waals surface area contributed by atoms with Gasteiger partial charge in [-0.25, -0.2) is 4.79 Å². The Morgan fingerprint density at radius 2 is 1.85 bits per heavy atom. The van der Waals surface area contributed by atoms with Crippen LogP contribution >= 0.6 is 0 Å². The molecule has 4 aliphatic rings. The zero-order valence-corrected chi connectivity index (χ0v) is 18.5. The number of fused-ring (bicyclic) bond motifs is 5. The second-order valence-corrected chi connectivity index (χ2v) is 10.4. The Morgan fingerprint density at radius 1 is 1.09 bits per heavy atom. The molecule has 6 N–H and O–H groups in total. The number of carboxylic acids is 1. The van der Waals surface area contributed by atoms with Gasteiger partial charge in [0.25, 0.3) is 0 Å². The molecule has 0 radical (unpaired) electrons. The molecule has 33 heavy (non-hydrogen) atoms. The summed E-state index contributed by atoms with van der Waals surface area (Å²) >= 11 is 0. The second kappa shape index (κ2) is 7.90. The van der Waals surface area contributed by atoms with Crippen molar-refractivity contribution in [1.29, 1.82) is 0 Å². The van der Waals surface area contributed by atoms with Gasteiger partial charge in [-0.05, 0) is 73.1 Å². The lowest BCUT2D eigenvalue weighted by molar-refractivity contribution is -0.380. The summed E-state index contributed by atoms with van der Waals surface area (Å²) in [6.45, 7) is 1.97. The zero-order chi connectivity index (χ0) is 23.7. The molecule has 9 heteroatoms. The van der Waals surface area contributed by atoms with Gasteiger partial charge in [-0.2, -0.15) is 0 Å². The molecule has 10 atom stereocenters. The lowest BCUT2D eigenvalue weighted by atomic mass is 9.55. The maximum atomic E-state index is 11.7. The minimum absolute atomic E-state index is 0.148.